The van der Waals surface area contributed by atoms with Gasteiger partial charge in [-0.15, -0.1) is 6.58 Å². The van der Waals surface area contributed by atoms with Crippen LogP contribution < -0.4 is 23.7 Å². The van der Waals surface area contributed by atoms with E-state index >= 15 is 0 Å². The third-order valence-corrected chi connectivity index (χ3v) is 4.13. The van der Waals surface area contributed by atoms with Gasteiger partial charge in [0.1, 0.15) is 17.2 Å². The van der Waals surface area contributed by atoms with Crippen LogP contribution in [-0.4, -0.2) is 40.7 Å². The first-order chi connectivity index (χ1) is 12.1. The van der Waals surface area contributed by atoms with Crippen LogP contribution in [0.4, 0.5) is 0 Å². The molecule has 2 rings (SSSR count). The molecule has 0 saturated carbocycles. The van der Waals surface area contributed by atoms with E-state index in [-0.39, 0.29) is 6.61 Å². The second kappa shape index (κ2) is 7.98. The standard InChI is InChI=1S/C19H24O6/c1-7-8-11-12(10-20)18(24-5)15-13(21-2)9-14(22-3)19(25-6)16(15)17(11)23-4/h7,9,20H,1,8,10H2,2-6H3. The molecule has 25 heavy (non-hydrogen) atoms. The number of ether oxygens (including phenoxy) is 5. The molecule has 1 N–H and O–H groups in total. The zero-order chi connectivity index (χ0) is 18.6. The van der Waals surface area contributed by atoms with E-state index in [4.69, 9.17) is 23.7 Å². The maximum absolute atomic E-state index is 9.96. The summed E-state index contributed by atoms with van der Waals surface area (Å²) in [7, 11) is 7.79. The first-order valence-electron chi connectivity index (χ1n) is 7.73. The van der Waals surface area contributed by atoms with E-state index in [1.165, 1.54) is 0 Å². The van der Waals surface area contributed by atoms with E-state index in [1.807, 2.05) is 0 Å². The number of hydrogen-bond donors (Lipinski definition) is 1. The molecule has 0 aliphatic carbocycles. The molecule has 136 valence electrons. The number of benzene rings is 2. The molecule has 0 saturated heterocycles. The van der Waals surface area contributed by atoms with Crippen molar-refractivity contribution in [2.24, 2.45) is 0 Å². The zero-order valence-electron chi connectivity index (χ0n) is 15.3. The van der Waals surface area contributed by atoms with Crippen molar-refractivity contribution >= 4 is 10.8 Å². The highest BCUT2D eigenvalue weighted by molar-refractivity contribution is 6.05. The smallest absolute Gasteiger partial charge is 0.172 e. The molecule has 0 radical (unpaired) electrons. The van der Waals surface area contributed by atoms with E-state index < -0.39 is 0 Å². The molecular weight excluding hydrogens is 324 g/mol. The minimum atomic E-state index is -0.212. The lowest BCUT2D eigenvalue weighted by molar-refractivity contribution is 0.272. The molecule has 0 unspecified atom stereocenters. The SMILES string of the molecule is C=CCc1c(CO)c(OC)c2c(OC)cc(OC)c(OC)c2c1OC. The van der Waals surface area contributed by atoms with E-state index in [2.05, 4.69) is 6.58 Å². The maximum atomic E-state index is 9.96. The Bertz CT molecular complexity index is 782. The van der Waals surface area contributed by atoms with Crippen LogP contribution in [-0.2, 0) is 13.0 Å². The molecular formula is C19H24O6. The van der Waals surface area contributed by atoms with Crippen molar-refractivity contribution < 1.29 is 28.8 Å². The molecule has 0 amide bonds. The fourth-order valence-electron chi connectivity index (χ4n) is 3.13. The summed E-state index contributed by atoms with van der Waals surface area (Å²) in [4.78, 5) is 0. The van der Waals surface area contributed by atoms with Crippen molar-refractivity contribution in [1.82, 2.24) is 0 Å². The van der Waals surface area contributed by atoms with Crippen molar-refractivity contribution in [3.63, 3.8) is 0 Å². The van der Waals surface area contributed by atoms with Crippen molar-refractivity contribution in [1.29, 1.82) is 0 Å². The van der Waals surface area contributed by atoms with Crippen LogP contribution in [0.2, 0.25) is 0 Å². The summed E-state index contributed by atoms with van der Waals surface area (Å²) in [6.07, 6.45) is 2.24. The van der Waals surface area contributed by atoms with Crippen LogP contribution in [0.3, 0.4) is 0 Å². The monoisotopic (exact) mass is 348 g/mol. The van der Waals surface area contributed by atoms with E-state index in [0.717, 1.165) is 5.56 Å². The first kappa shape index (κ1) is 18.7. The largest absolute Gasteiger partial charge is 0.496 e. The minimum Gasteiger partial charge on any atom is -0.496 e. The molecule has 0 atom stereocenters. The highest BCUT2D eigenvalue weighted by atomic mass is 16.5. The van der Waals surface area contributed by atoms with Gasteiger partial charge in [0.15, 0.2) is 11.5 Å². The normalized spacial score (nSPS) is 10.5. The Morgan fingerprint density at radius 2 is 1.36 bits per heavy atom. The Kier molecular flexibility index (Phi) is 5.98. The summed E-state index contributed by atoms with van der Waals surface area (Å²) in [5.74, 6) is 2.61. The lowest BCUT2D eigenvalue weighted by atomic mass is 9.94. The molecule has 0 bridgehead atoms. The Balaban J connectivity index is 3.18. The Morgan fingerprint density at radius 1 is 0.800 bits per heavy atom. The molecule has 0 spiro atoms. The summed E-state index contributed by atoms with van der Waals surface area (Å²) in [6, 6.07) is 1.72. The molecule has 0 fully saturated rings. The maximum Gasteiger partial charge on any atom is 0.172 e. The van der Waals surface area contributed by atoms with Crippen LogP contribution in [0.1, 0.15) is 11.1 Å². The number of fused-ring (bicyclic) bond motifs is 1. The molecule has 6 heteroatoms. The molecule has 0 heterocycles. The number of aliphatic hydroxyl groups is 1. The van der Waals surface area contributed by atoms with Gasteiger partial charge >= 0.3 is 0 Å². The lowest BCUT2D eigenvalue weighted by Crippen LogP contribution is -2.05. The summed E-state index contributed by atoms with van der Waals surface area (Å²) >= 11 is 0. The van der Waals surface area contributed by atoms with Gasteiger partial charge in [-0.2, -0.15) is 0 Å². The lowest BCUT2D eigenvalue weighted by Gasteiger charge is -2.23. The fraction of sp³-hybridized carbons (Fsp3) is 0.368. The summed E-state index contributed by atoms with van der Waals surface area (Å²) < 4.78 is 27.9. The van der Waals surface area contributed by atoms with Crippen LogP contribution >= 0.6 is 0 Å². The fourth-order valence-corrected chi connectivity index (χ4v) is 3.13. The molecule has 2 aromatic rings. The predicted molar refractivity (Wildman–Crippen MR) is 96.5 cm³/mol. The summed E-state index contributed by atoms with van der Waals surface area (Å²) in [6.45, 7) is 3.58. The predicted octanol–water partition coefficient (Wildman–Crippen LogP) is 3.10. The van der Waals surface area contributed by atoms with Crippen molar-refractivity contribution in [3.05, 3.63) is 29.8 Å². The van der Waals surface area contributed by atoms with Gasteiger partial charge in [0.25, 0.3) is 0 Å². The zero-order valence-corrected chi connectivity index (χ0v) is 15.3. The molecule has 0 aromatic heterocycles. The Hall–Kier alpha value is -2.60. The second-order valence-corrected chi connectivity index (χ2v) is 5.24. The van der Waals surface area contributed by atoms with E-state index in [1.54, 1.807) is 47.7 Å². The van der Waals surface area contributed by atoms with Gasteiger partial charge < -0.3 is 28.8 Å². The molecule has 2 aromatic carbocycles. The number of aliphatic hydroxyl groups excluding tert-OH is 1. The second-order valence-electron chi connectivity index (χ2n) is 5.24. The third kappa shape index (κ3) is 2.93. The first-order valence-corrected chi connectivity index (χ1v) is 7.73. The molecule has 6 nitrogen and oxygen atoms in total. The highest BCUT2D eigenvalue weighted by Gasteiger charge is 2.27. The Labute approximate surface area is 147 Å². The third-order valence-electron chi connectivity index (χ3n) is 4.13. The van der Waals surface area contributed by atoms with Crippen molar-refractivity contribution in [2.45, 2.75) is 13.0 Å². The average molecular weight is 348 g/mol. The number of methoxy groups -OCH3 is 5. The van der Waals surface area contributed by atoms with Gasteiger partial charge in [-0.1, -0.05) is 6.08 Å². The number of hydrogen-bond acceptors (Lipinski definition) is 6. The molecule has 0 aliphatic rings. The number of allylic oxidation sites excluding steroid dienone is 1. The average Bonchev–Trinajstić information content (AvgIpc) is 2.65. The molecule has 0 aliphatic heterocycles. The van der Waals surface area contributed by atoms with Crippen LogP contribution in [0.25, 0.3) is 10.8 Å². The number of rotatable bonds is 8. The van der Waals surface area contributed by atoms with Gasteiger partial charge in [-0.05, 0) is 6.42 Å². The quantitative estimate of drug-likeness (QED) is 0.740. The Morgan fingerprint density at radius 3 is 1.80 bits per heavy atom. The van der Waals surface area contributed by atoms with Crippen LogP contribution in [0.5, 0.6) is 28.7 Å². The highest BCUT2D eigenvalue weighted by Crippen LogP contribution is 2.52. The van der Waals surface area contributed by atoms with Gasteiger partial charge in [-0.3, -0.25) is 0 Å². The van der Waals surface area contributed by atoms with Gasteiger partial charge in [0.2, 0.25) is 0 Å². The summed E-state index contributed by atoms with van der Waals surface area (Å²) in [5.41, 5.74) is 1.40. The van der Waals surface area contributed by atoms with E-state index in [9.17, 15) is 5.11 Å². The topological polar surface area (TPSA) is 66.4 Å². The van der Waals surface area contributed by atoms with Gasteiger partial charge in [0.05, 0.1) is 52.9 Å². The van der Waals surface area contributed by atoms with E-state index in [0.29, 0.717) is 51.5 Å². The summed E-state index contributed by atoms with van der Waals surface area (Å²) in [5, 5.41) is 11.3. The van der Waals surface area contributed by atoms with Crippen molar-refractivity contribution in [3.8, 4) is 28.7 Å². The van der Waals surface area contributed by atoms with Gasteiger partial charge in [0, 0.05) is 17.2 Å². The van der Waals surface area contributed by atoms with Crippen LogP contribution in [0.15, 0.2) is 18.7 Å². The van der Waals surface area contributed by atoms with Crippen LogP contribution in [0, 0.1) is 0 Å². The van der Waals surface area contributed by atoms with Gasteiger partial charge in [-0.25, -0.2) is 0 Å². The van der Waals surface area contributed by atoms with Crippen molar-refractivity contribution in [2.75, 3.05) is 35.5 Å². The minimum absolute atomic E-state index is 0.212.